The van der Waals surface area contributed by atoms with Crippen LogP contribution in [-0.2, 0) is 10.8 Å². The normalized spacial score (nSPS) is 18.9. The van der Waals surface area contributed by atoms with Crippen molar-refractivity contribution in [3.05, 3.63) is 200 Å². The third-order valence-corrected chi connectivity index (χ3v) is 18.3. The van der Waals surface area contributed by atoms with Crippen molar-refractivity contribution in [2.75, 3.05) is 0 Å². The van der Waals surface area contributed by atoms with Gasteiger partial charge in [-0.1, -0.05) is 99.2 Å². The van der Waals surface area contributed by atoms with E-state index in [4.69, 9.17) is 0 Å². The van der Waals surface area contributed by atoms with Gasteiger partial charge in [-0.25, -0.2) is 0 Å². The van der Waals surface area contributed by atoms with E-state index < -0.39 is 0 Å². The Hall–Kier alpha value is -7.34. The molecule has 330 valence electrons. The summed E-state index contributed by atoms with van der Waals surface area (Å²) in [4.78, 5) is 57.2. The van der Waals surface area contributed by atoms with Gasteiger partial charge in [0.05, 0.1) is 11.1 Å². The standard InChI is InChI=1S/C64H44O4S/c65-59-49-25-39-19-35-11-3-4-12-36(35)20-40(39)26-50(49)60(66)53(59)31-45-23-43-29-57-47(33-55(43)63(45)15-7-1-8-16-63)48-34-56-44(30-58(48)69-57)24-46(64(56)17-9-2-10-18-64)32-54-61(67)51-27-41-21-37-13-5-6-14-38(37)22-42(41)28-52(51)62(54)68/h3-6,11-14,19-34H,1-2,7-10,15-18H2. The van der Waals surface area contributed by atoms with Crippen LogP contribution in [0.4, 0.5) is 0 Å². The summed E-state index contributed by atoms with van der Waals surface area (Å²) in [6.45, 7) is 0. The fraction of sp³-hybridized carbons (Fsp3) is 0.188. The minimum atomic E-state index is -0.277. The summed E-state index contributed by atoms with van der Waals surface area (Å²) in [7, 11) is 0. The van der Waals surface area contributed by atoms with E-state index in [9.17, 15) is 19.2 Å². The fourth-order valence-electron chi connectivity index (χ4n) is 13.8. The molecular weight excluding hydrogens is 865 g/mol. The molecule has 0 aliphatic heterocycles. The average molecular weight is 909 g/mol. The zero-order valence-corrected chi connectivity index (χ0v) is 38.8. The van der Waals surface area contributed by atoms with Gasteiger partial charge in [0, 0.05) is 53.3 Å². The maximum Gasteiger partial charge on any atom is 0.197 e. The number of benzene rings is 8. The van der Waals surface area contributed by atoms with E-state index in [1.807, 2.05) is 72.0 Å². The Morgan fingerprint density at radius 3 is 1.04 bits per heavy atom. The summed E-state index contributed by atoms with van der Waals surface area (Å²) in [5.74, 6) is -0.713. The molecule has 0 N–H and O–H groups in total. The first-order valence-corrected chi connectivity index (χ1v) is 25.6. The summed E-state index contributed by atoms with van der Waals surface area (Å²) >= 11 is 1.81. The minimum Gasteiger partial charge on any atom is -0.288 e. The molecular formula is C64H44O4S. The molecule has 0 saturated heterocycles. The van der Waals surface area contributed by atoms with Crippen molar-refractivity contribution in [2.45, 2.75) is 75.0 Å². The smallest absolute Gasteiger partial charge is 0.197 e. The molecule has 6 aliphatic carbocycles. The average Bonchev–Trinajstić information content (AvgIpc) is 4.09. The van der Waals surface area contributed by atoms with E-state index in [2.05, 4.69) is 84.9 Å². The largest absolute Gasteiger partial charge is 0.288 e. The molecule has 9 aromatic rings. The summed E-state index contributed by atoms with van der Waals surface area (Å²) < 4.78 is 2.46. The van der Waals surface area contributed by atoms with Crippen molar-refractivity contribution in [1.29, 1.82) is 0 Å². The highest BCUT2D eigenvalue weighted by Crippen LogP contribution is 2.57. The highest BCUT2D eigenvalue weighted by molar-refractivity contribution is 7.25. The van der Waals surface area contributed by atoms with Crippen LogP contribution in [0.25, 0.3) is 75.4 Å². The highest BCUT2D eigenvalue weighted by Gasteiger charge is 2.46. The van der Waals surface area contributed by atoms with Crippen LogP contribution in [0.2, 0.25) is 0 Å². The SMILES string of the molecule is O=C1C(=CC2=Cc3cc4sc5cc6c(cc5c4cc3C23CCCCC3)C2(CCCCC2)C(C=C2C(=O)c3cc4cc5ccccc5cc4cc3C2=O)=C6)C(=O)c2cc3cc4ccccc4cc3cc21. The van der Waals surface area contributed by atoms with E-state index in [1.54, 1.807) is 0 Å². The quantitative estimate of drug-likeness (QED) is 0.0984. The lowest BCUT2D eigenvalue weighted by Crippen LogP contribution is -2.29. The predicted octanol–water partition coefficient (Wildman–Crippen LogP) is 15.9. The van der Waals surface area contributed by atoms with Crippen molar-refractivity contribution < 1.29 is 19.2 Å². The second-order valence-corrected chi connectivity index (χ2v) is 21.9. The summed E-state index contributed by atoms with van der Waals surface area (Å²) in [5, 5.41) is 10.8. The van der Waals surface area contributed by atoms with Gasteiger partial charge in [-0.3, -0.25) is 19.2 Å². The first-order chi connectivity index (χ1) is 33.7. The van der Waals surface area contributed by atoms with E-state index >= 15 is 0 Å². The molecule has 5 heteroatoms. The Balaban J connectivity index is 0.814. The van der Waals surface area contributed by atoms with Crippen LogP contribution in [0.5, 0.6) is 0 Å². The molecule has 0 unspecified atom stereocenters. The first kappa shape index (κ1) is 39.6. The molecule has 0 amide bonds. The van der Waals surface area contributed by atoms with Gasteiger partial charge in [0.25, 0.3) is 0 Å². The molecule has 0 radical (unpaired) electrons. The lowest BCUT2D eigenvalue weighted by atomic mass is 9.66. The number of fused-ring (bicyclic) bond motifs is 13. The number of hydrogen-bond acceptors (Lipinski definition) is 5. The van der Waals surface area contributed by atoms with Crippen molar-refractivity contribution in [2.24, 2.45) is 0 Å². The van der Waals surface area contributed by atoms with Crippen LogP contribution in [0.15, 0.2) is 156 Å². The summed E-state index contributed by atoms with van der Waals surface area (Å²) in [5.41, 5.74) is 9.17. The lowest BCUT2D eigenvalue weighted by Gasteiger charge is -2.37. The maximum atomic E-state index is 14.3. The number of carbonyl (C=O) groups is 4. The molecule has 15 rings (SSSR count). The molecule has 0 atom stereocenters. The number of carbonyl (C=O) groups excluding carboxylic acids is 4. The van der Waals surface area contributed by atoms with Crippen LogP contribution >= 0.6 is 11.3 Å². The molecule has 0 bridgehead atoms. The molecule has 2 fully saturated rings. The maximum absolute atomic E-state index is 14.3. The Labute approximate surface area is 402 Å². The third-order valence-electron chi connectivity index (χ3n) is 17.2. The molecule has 1 heterocycles. The number of Topliss-reactive ketones (excluding diaryl/α,β-unsaturated/α-hetero) is 4. The van der Waals surface area contributed by atoms with Gasteiger partial charge in [0.1, 0.15) is 0 Å². The van der Waals surface area contributed by atoms with Gasteiger partial charge in [-0.15, -0.1) is 11.3 Å². The molecule has 4 nitrogen and oxygen atoms in total. The van der Waals surface area contributed by atoms with E-state index in [-0.39, 0.29) is 45.1 Å². The van der Waals surface area contributed by atoms with Gasteiger partial charge in [0.15, 0.2) is 23.1 Å². The molecule has 6 aliphatic rings. The zero-order valence-electron chi connectivity index (χ0n) is 38.0. The zero-order chi connectivity index (χ0) is 45.9. The van der Waals surface area contributed by atoms with Gasteiger partial charge in [0.2, 0.25) is 0 Å². The van der Waals surface area contributed by atoms with Gasteiger partial charge in [-0.05, 0) is 187 Å². The molecule has 8 aromatic carbocycles. The topological polar surface area (TPSA) is 68.3 Å². The Kier molecular flexibility index (Phi) is 8.11. The van der Waals surface area contributed by atoms with Crippen molar-refractivity contribution in [1.82, 2.24) is 0 Å². The van der Waals surface area contributed by atoms with E-state index in [1.165, 1.54) is 55.3 Å². The molecule has 2 saturated carbocycles. The predicted molar refractivity (Wildman–Crippen MR) is 281 cm³/mol. The second-order valence-electron chi connectivity index (χ2n) is 20.8. The van der Waals surface area contributed by atoms with Gasteiger partial charge >= 0.3 is 0 Å². The molecule has 1 aromatic heterocycles. The Morgan fingerprint density at radius 2 is 0.710 bits per heavy atom. The second kappa shape index (κ2) is 14.1. The van der Waals surface area contributed by atoms with Gasteiger partial charge in [-0.2, -0.15) is 0 Å². The van der Waals surface area contributed by atoms with Crippen molar-refractivity contribution >= 4 is 110 Å². The van der Waals surface area contributed by atoms with Crippen LogP contribution < -0.4 is 0 Å². The third kappa shape index (κ3) is 5.51. The Morgan fingerprint density at radius 1 is 0.377 bits per heavy atom. The van der Waals surface area contributed by atoms with Crippen molar-refractivity contribution in [3.63, 3.8) is 0 Å². The molecule has 69 heavy (non-hydrogen) atoms. The van der Waals surface area contributed by atoms with E-state index in [0.29, 0.717) is 22.3 Å². The highest BCUT2D eigenvalue weighted by atomic mass is 32.1. The number of ketones is 4. The first-order valence-electron chi connectivity index (χ1n) is 24.8. The molecule has 2 spiro atoms. The fourth-order valence-corrected chi connectivity index (χ4v) is 14.9. The Bertz CT molecular complexity index is 3680. The monoisotopic (exact) mass is 908 g/mol. The van der Waals surface area contributed by atoms with E-state index in [0.717, 1.165) is 106 Å². The van der Waals surface area contributed by atoms with Crippen molar-refractivity contribution in [3.8, 4) is 0 Å². The van der Waals surface area contributed by atoms with Gasteiger partial charge < -0.3 is 0 Å². The van der Waals surface area contributed by atoms with Crippen LogP contribution in [0.3, 0.4) is 0 Å². The number of hydrogen-bond donors (Lipinski definition) is 0. The number of rotatable bonds is 2. The summed E-state index contributed by atoms with van der Waals surface area (Å²) in [6.07, 6.45) is 19.1. The van der Waals surface area contributed by atoms with Crippen LogP contribution in [-0.4, -0.2) is 23.1 Å². The number of allylic oxidation sites excluding steroid dienone is 6. The van der Waals surface area contributed by atoms with Crippen LogP contribution in [0.1, 0.15) is 128 Å². The number of thiophene rings is 1. The lowest BCUT2D eigenvalue weighted by molar-refractivity contribution is 0.0973. The van der Waals surface area contributed by atoms with Crippen LogP contribution in [0, 0.1) is 0 Å². The minimum absolute atomic E-state index is 0.178. The summed E-state index contributed by atoms with van der Waals surface area (Å²) in [6, 6.07) is 42.2.